The summed E-state index contributed by atoms with van der Waals surface area (Å²) in [6.07, 6.45) is 0. The minimum Gasteiger partial charge on any atom is -0.392 e. The van der Waals surface area contributed by atoms with Gasteiger partial charge in [-0.15, -0.1) is 0 Å². The third kappa shape index (κ3) is 2.82. The van der Waals surface area contributed by atoms with Crippen molar-refractivity contribution < 1.29 is 17.2 Å². The normalized spacial score (nSPS) is 13.6. The molecule has 0 saturated heterocycles. The molecule has 0 aliphatic heterocycles. The van der Waals surface area contributed by atoms with Gasteiger partial charge in [-0.25, -0.2) is 17.2 Å². The lowest BCUT2D eigenvalue weighted by atomic mass is 10.3. The van der Waals surface area contributed by atoms with E-state index in [1.54, 1.807) is 0 Å². The fourth-order valence-corrected chi connectivity index (χ4v) is 2.84. The summed E-state index contributed by atoms with van der Waals surface area (Å²) in [4.78, 5) is -0.655. The highest BCUT2D eigenvalue weighted by Crippen LogP contribution is 2.20. The molecule has 100 valence electrons. The predicted molar refractivity (Wildman–Crippen MR) is 67.6 cm³/mol. The maximum absolute atomic E-state index is 13.5. The molecule has 0 amide bonds. The number of hydrogen-bond donors (Lipinski definition) is 1. The fourth-order valence-electron chi connectivity index (χ4n) is 1.23. The summed E-state index contributed by atoms with van der Waals surface area (Å²) in [7, 11) is -2.88. The van der Waals surface area contributed by atoms with Gasteiger partial charge in [0.25, 0.3) is 0 Å². The van der Waals surface area contributed by atoms with E-state index >= 15 is 0 Å². The summed E-state index contributed by atoms with van der Waals surface area (Å²) in [5.74, 6) is -2.01. The molecule has 0 aliphatic rings. The third-order valence-electron chi connectivity index (χ3n) is 2.51. The number of likely N-dealkylation sites (N-methyl/N-ethyl adjacent to an activating group) is 1. The highest BCUT2D eigenvalue weighted by atomic mass is 32.2. The van der Waals surface area contributed by atoms with E-state index in [0.717, 1.165) is 16.4 Å². The lowest BCUT2D eigenvalue weighted by molar-refractivity contribution is 0.445. The van der Waals surface area contributed by atoms with E-state index in [2.05, 4.69) is 12.2 Å². The zero-order valence-corrected chi connectivity index (χ0v) is 11.4. The van der Waals surface area contributed by atoms with Gasteiger partial charge >= 0.3 is 0 Å². The van der Waals surface area contributed by atoms with E-state index in [4.69, 9.17) is 5.73 Å². The Kier molecular flexibility index (Phi) is 4.36. The van der Waals surface area contributed by atoms with Gasteiger partial charge in [0.2, 0.25) is 10.0 Å². The molecule has 8 heteroatoms. The number of halogens is 2. The monoisotopic (exact) mass is 294 g/mol. The third-order valence-corrected chi connectivity index (χ3v) is 4.81. The van der Waals surface area contributed by atoms with Gasteiger partial charge < -0.3 is 5.73 Å². The van der Waals surface area contributed by atoms with Crippen molar-refractivity contribution in [3.8, 4) is 0 Å². The summed E-state index contributed by atoms with van der Waals surface area (Å²) in [5.41, 5.74) is 5.35. The molecule has 0 heterocycles. The van der Waals surface area contributed by atoms with Gasteiger partial charge in [0.15, 0.2) is 0 Å². The lowest BCUT2D eigenvalue weighted by Crippen LogP contribution is -2.42. The largest absolute Gasteiger partial charge is 0.392 e. The van der Waals surface area contributed by atoms with Crippen LogP contribution in [0.2, 0.25) is 0 Å². The zero-order valence-electron chi connectivity index (χ0n) is 9.72. The standard InChI is InChI=1S/C10H12F2N2O2S2/c1-6(10(13)17)14(2)18(15,16)9-4-3-7(11)5-8(9)12/h3-6H,1-2H3,(H2,13,17). The highest BCUT2D eigenvalue weighted by Gasteiger charge is 2.29. The first-order valence-corrected chi connectivity index (χ1v) is 6.75. The highest BCUT2D eigenvalue weighted by molar-refractivity contribution is 7.89. The average Bonchev–Trinajstić information content (AvgIpc) is 2.26. The smallest absolute Gasteiger partial charge is 0.246 e. The molecule has 1 aromatic carbocycles. The number of hydrogen-bond acceptors (Lipinski definition) is 3. The average molecular weight is 294 g/mol. The molecule has 0 aromatic heterocycles. The van der Waals surface area contributed by atoms with Crippen molar-refractivity contribution in [3.63, 3.8) is 0 Å². The van der Waals surface area contributed by atoms with Crippen LogP contribution in [0.5, 0.6) is 0 Å². The molecule has 0 radical (unpaired) electrons. The van der Waals surface area contributed by atoms with Crippen molar-refractivity contribution in [1.29, 1.82) is 0 Å². The van der Waals surface area contributed by atoms with Crippen LogP contribution in [-0.4, -0.2) is 30.8 Å². The second kappa shape index (κ2) is 5.25. The van der Waals surface area contributed by atoms with Crippen LogP contribution in [0.3, 0.4) is 0 Å². The first kappa shape index (κ1) is 14.9. The van der Waals surface area contributed by atoms with Crippen LogP contribution >= 0.6 is 12.2 Å². The number of nitrogens with zero attached hydrogens (tertiary/aromatic N) is 1. The van der Waals surface area contributed by atoms with Crippen LogP contribution in [0.4, 0.5) is 8.78 Å². The molecule has 1 atom stereocenters. The maximum atomic E-state index is 13.5. The second-order valence-electron chi connectivity index (χ2n) is 3.67. The number of sulfonamides is 1. The summed E-state index contributed by atoms with van der Waals surface area (Å²) in [5, 5.41) is 0. The molecule has 1 rings (SSSR count). The second-order valence-corrected chi connectivity index (χ2v) is 6.11. The minimum atomic E-state index is -4.11. The van der Waals surface area contributed by atoms with Crippen LogP contribution in [0.15, 0.2) is 23.1 Å². The molecule has 4 nitrogen and oxygen atoms in total. The maximum Gasteiger partial charge on any atom is 0.246 e. The Hall–Kier alpha value is -1.12. The first-order chi connectivity index (χ1) is 8.17. The molecule has 18 heavy (non-hydrogen) atoms. The van der Waals surface area contributed by atoms with E-state index in [1.165, 1.54) is 14.0 Å². The van der Waals surface area contributed by atoms with E-state index in [0.29, 0.717) is 6.07 Å². The van der Waals surface area contributed by atoms with E-state index in [-0.39, 0.29) is 4.99 Å². The van der Waals surface area contributed by atoms with E-state index in [9.17, 15) is 17.2 Å². The van der Waals surface area contributed by atoms with Crippen LogP contribution in [-0.2, 0) is 10.0 Å². The van der Waals surface area contributed by atoms with Gasteiger partial charge in [0.1, 0.15) is 16.5 Å². The SMILES string of the molecule is CC(C(N)=S)N(C)S(=O)(=O)c1ccc(F)cc1F. The Balaban J connectivity index is 3.25. The van der Waals surface area contributed by atoms with Crippen molar-refractivity contribution in [2.75, 3.05) is 7.05 Å². The molecule has 1 aromatic rings. The van der Waals surface area contributed by atoms with Gasteiger partial charge in [0, 0.05) is 13.1 Å². The molecule has 1 unspecified atom stereocenters. The Morgan fingerprint density at radius 2 is 2.00 bits per heavy atom. The Morgan fingerprint density at radius 3 is 2.44 bits per heavy atom. The lowest BCUT2D eigenvalue weighted by Gasteiger charge is -2.23. The summed E-state index contributed by atoms with van der Waals surface area (Å²) >= 11 is 4.68. The van der Waals surface area contributed by atoms with Crippen molar-refractivity contribution >= 4 is 27.2 Å². The molecule has 0 bridgehead atoms. The van der Waals surface area contributed by atoms with Gasteiger partial charge in [-0.2, -0.15) is 4.31 Å². The Bertz CT molecular complexity index is 575. The van der Waals surface area contributed by atoms with Crippen molar-refractivity contribution in [3.05, 3.63) is 29.8 Å². The van der Waals surface area contributed by atoms with Crippen LogP contribution < -0.4 is 5.73 Å². The Morgan fingerprint density at radius 1 is 1.44 bits per heavy atom. The van der Waals surface area contributed by atoms with Crippen LogP contribution in [0, 0.1) is 11.6 Å². The van der Waals surface area contributed by atoms with Crippen molar-refractivity contribution in [2.24, 2.45) is 5.73 Å². The van der Waals surface area contributed by atoms with Crippen molar-refractivity contribution in [1.82, 2.24) is 4.31 Å². The number of benzene rings is 1. The topological polar surface area (TPSA) is 63.4 Å². The fraction of sp³-hybridized carbons (Fsp3) is 0.300. The van der Waals surface area contributed by atoms with E-state index in [1.807, 2.05) is 0 Å². The molecular weight excluding hydrogens is 282 g/mol. The van der Waals surface area contributed by atoms with Gasteiger partial charge in [-0.1, -0.05) is 12.2 Å². The summed E-state index contributed by atoms with van der Waals surface area (Å²) in [6.45, 7) is 1.47. The molecule has 0 saturated carbocycles. The zero-order chi connectivity index (χ0) is 14.1. The molecule has 2 N–H and O–H groups in total. The summed E-state index contributed by atoms with van der Waals surface area (Å²) < 4.78 is 51.2. The number of nitrogens with two attached hydrogens (primary N) is 1. The first-order valence-electron chi connectivity index (χ1n) is 4.90. The van der Waals surface area contributed by atoms with Gasteiger partial charge in [-0.3, -0.25) is 0 Å². The van der Waals surface area contributed by atoms with Gasteiger partial charge in [0.05, 0.1) is 11.0 Å². The molecule has 0 aliphatic carbocycles. The molecule has 0 fully saturated rings. The Labute approximate surface area is 109 Å². The van der Waals surface area contributed by atoms with Crippen LogP contribution in [0.25, 0.3) is 0 Å². The van der Waals surface area contributed by atoms with E-state index < -0.39 is 32.6 Å². The van der Waals surface area contributed by atoms with Gasteiger partial charge in [-0.05, 0) is 19.1 Å². The molecular formula is C10H12F2N2O2S2. The number of rotatable bonds is 4. The van der Waals surface area contributed by atoms with Crippen LogP contribution in [0.1, 0.15) is 6.92 Å². The summed E-state index contributed by atoms with van der Waals surface area (Å²) in [6, 6.07) is 1.47. The minimum absolute atomic E-state index is 0.0383. The molecule has 0 spiro atoms. The number of thiocarbonyl (C=S) groups is 1. The quantitative estimate of drug-likeness (QED) is 0.849. The van der Waals surface area contributed by atoms with Crippen molar-refractivity contribution in [2.45, 2.75) is 17.9 Å². The predicted octanol–water partition coefficient (Wildman–Crippen LogP) is 1.26.